The smallest absolute Gasteiger partial charge is 0.0303 e. The van der Waals surface area contributed by atoms with Crippen molar-refractivity contribution < 1.29 is 0 Å². The lowest BCUT2D eigenvalue weighted by molar-refractivity contribution is 0.757. The Balaban J connectivity index is 0.000000845. The molecule has 1 N–H and O–H groups in total. The van der Waals surface area contributed by atoms with Gasteiger partial charge in [-0.3, -0.25) is 4.98 Å². The van der Waals surface area contributed by atoms with Crippen LogP contribution in [0, 0.1) is 6.92 Å². The van der Waals surface area contributed by atoms with Crippen LogP contribution in [0.2, 0.25) is 0 Å². The maximum Gasteiger partial charge on any atom is 0.0303 e. The zero-order valence-electron chi connectivity index (χ0n) is 7.79. The normalized spacial score (nSPS) is 21.2. The molecular weight excluding hydrogens is 184 g/mol. The fraction of sp³-hybridized carbons (Fsp3) is 0.500. The van der Waals surface area contributed by atoms with Gasteiger partial charge in [0.2, 0.25) is 0 Å². The topological polar surface area (TPSA) is 24.9 Å². The molecule has 1 aromatic heterocycles. The fourth-order valence-corrected chi connectivity index (χ4v) is 1.74. The van der Waals surface area contributed by atoms with Crippen LogP contribution in [0.15, 0.2) is 18.5 Å². The summed E-state index contributed by atoms with van der Waals surface area (Å²) in [5.41, 5.74) is 2.65. The molecule has 13 heavy (non-hydrogen) atoms. The predicted molar refractivity (Wildman–Crippen MR) is 56.4 cm³/mol. The number of aromatic nitrogens is 1. The molecule has 0 aromatic carbocycles. The van der Waals surface area contributed by atoms with Gasteiger partial charge in [0.05, 0.1) is 0 Å². The summed E-state index contributed by atoms with van der Waals surface area (Å²) in [7, 11) is 0. The summed E-state index contributed by atoms with van der Waals surface area (Å²) in [5.74, 6) is 0.692. The highest BCUT2D eigenvalue weighted by atomic mass is 35.5. The monoisotopic (exact) mass is 198 g/mol. The second kappa shape index (κ2) is 4.58. The number of rotatable bonds is 1. The largest absolute Gasteiger partial charge is 0.316 e. The van der Waals surface area contributed by atoms with Gasteiger partial charge in [-0.1, -0.05) is 6.07 Å². The van der Waals surface area contributed by atoms with E-state index in [2.05, 4.69) is 23.3 Å². The summed E-state index contributed by atoms with van der Waals surface area (Å²) >= 11 is 0. The van der Waals surface area contributed by atoms with E-state index >= 15 is 0 Å². The highest BCUT2D eigenvalue weighted by Crippen LogP contribution is 2.21. The third-order valence-corrected chi connectivity index (χ3v) is 2.43. The van der Waals surface area contributed by atoms with Gasteiger partial charge >= 0.3 is 0 Å². The number of pyridine rings is 1. The minimum atomic E-state index is 0. The van der Waals surface area contributed by atoms with Gasteiger partial charge in [-0.05, 0) is 36.9 Å². The molecule has 2 rings (SSSR count). The minimum absolute atomic E-state index is 0. The van der Waals surface area contributed by atoms with Crippen LogP contribution in [0.3, 0.4) is 0 Å². The van der Waals surface area contributed by atoms with Crippen LogP contribution in [-0.2, 0) is 0 Å². The third kappa shape index (κ3) is 2.42. The molecule has 0 amide bonds. The lowest BCUT2D eigenvalue weighted by Gasteiger charge is -2.07. The molecule has 3 heteroatoms. The van der Waals surface area contributed by atoms with Crippen molar-refractivity contribution in [3.63, 3.8) is 0 Å². The molecule has 1 aromatic rings. The van der Waals surface area contributed by atoms with Crippen LogP contribution in [0.25, 0.3) is 0 Å². The van der Waals surface area contributed by atoms with Crippen molar-refractivity contribution in [1.29, 1.82) is 0 Å². The van der Waals surface area contributed by atoms with Crippen molar-refractivity contribution in [3.8, 4) is 0 Å². The Morgan fingerprint density at radius 2 is 2.31 bits per heavy atom. The average Bonchev–Trinajstić information content (AvgIpc) is 2.56. The van der Waals surface area contributed by atoms with E-state index in [9.17, 15) is 0 Å². The van der Waals surface area contributed by atoms with Crippen molar-refractivity contribution in [3.05, 3.63) is 29.6 Å². The van der Waals surface area contributed by atoms with Crippen molar-refractivity contribution in [2.75, 3.05) is 13.1 Å². The fourth-order valence-electron chi connectivity index (χ4n) is 1.74. The standard InChI is InChI=1S/C10H14N2.ClH/c1-8-4-10(7-12-5-8)9-2-3-11-6-9;/h4-5,7,9,11H,2-3,6H2,1H3;1H. The average molecular weight is 199 g/mol. The quantitative estimate of drug-likeness (QED) is 0.746. The molecule has 2 heterocycles. The maximum absolute atomic E-state index is 4.20. The molecule has 0 saturated carbocycles. The molecule has 0 spiro atoms. The Morgan fingerprint density at radius 1 is 1.46 bits per heavy atom. The van der Waals surface area contributed by atoms with Crippen molar-refractivity contribution in [2.24, 2.45) is 0 Å². The predicted octanol–water partition coefficient (Wildman–Crippen LogP) is 1.89. The zero-order chi connectivity index (χ0) is 8.39. The second-order valence-electron chi connectivity index (χ2n) is 3.49. The highest BCUT2D eigenvalue weighted by molar-refractivity contribution is 5.85. The summed E-state index contributed by atoms with van der Waals surface area (Å²) in [6, 6.07) is 2.24. The summed E-state index contributed by atoms with van der Waals surface area (Å²) in [6.45, 7) is 4.36. The number of hydrogen-bond acceptors (Lipinski definition) is 2. The Bertz CT molecular complexity index is 269. The van der Waals surface area contributed by atoms with Crippen LogP contribution in [-0.4, -0.2) is 18.1 Å². The third-order valence-electron chi connectivity index (χ3n) is 2.43. The van der Waals surface area contributed by atoms with Gasteiger partial charge in [0.1, 0.15) is 0 Å². The summed E-state index contributed by atoms with van der Waals surface area (Å²) in [5, 5.41) is 3.36. The van der Waals surface area contributed by atoms with Crippen LogP contribution >= 0.6 is 12.4 Å². The van der Waals surface area contributed by atoms with E-state index < -0.39 is 0 Å². The van der Waals surface area contributed by atoms with Gasteiger partial charge in [-0.15, -0.1) is 12.4 Å². The summed E-state index contributed by atoms with van der Waals surface area (Å²) in [4.78, 5) is 4.20. The van der Waals surface area contributed by atoms with Crippen LogP contribution in [0.1, 0.15) is 23.5 Å². The molecule has 0 radical (unpaired) electrons. The number of nitrogens with zero attached hydrogens (tertiary/aromatic N) is 1. The SMILES string of the molecule is Cc1cncc(C2CCNC2)c1.Cl. The highest BCUT2D eigenvalue weighted by Gasteiger charge is 2.16. The van der Waals surface area contributed by atoms with Gasteiger partial charge in [0.15, 0.2) is 0 Å². The molecule has 1 fully saturated rings. The summed E-state index contributed by atoms with van der Waals surface area (Å²) < 4.78 is 0. The Hall–Kier alpha value is -0.600. The van der Waals surface area contributed by atoms with Crippen molar-refractivity contribution in [1.82, 2.24) is 10.3 Å². The van der Waals surface area contributed by atoms with E-state index in [0.29, 0.717) is 5.92 Å². The van der Waals surface area contributed by atoms with Crippen molar-refractivity contribution >= 4 is 12.4 Å². The number of nitrogens with one attached hydrogen (secondary N) is 1. The molecule has 72 valence electrons. The van der Waals surface area contributed by atoms with Gasteiger partial charge in [0.25, 0.3) is 0 Å². The molecule has 1 saturated heterocycles. The van der Waals surface area contributed by atoms with Crippen LogP contribution in [0.4, 0.5) is 0 Å². The first-order valence-corrected chi connectivity index (χ1v) is 4.48. The lowest BCUT2D eigenvalue weighted by atomic mass is 9.99. The van der Waals surface area contributed by atoms with E-state index in [4.69, 9.17) is 0 Å². The maximum atomic E-state index is 4.20. The number of halogens is 1. The van der Waals surface area contributed by atoms with Gasteiger partial charge in [-0.2, -0.15) is 0 Å². The first-order valence-electron chi connectivity index (χ1n) is 4.48. The molecule has 1 atom stereocenters. The molecule has 1 aliphatic heterocycles. The zero-order valence-corrected chi connectivity index (χ0v) is 8.60. The Labute approximate surface area is 85.2 Å². The molecule has 0 aliphatic carbocycles. The van der Waals surface area contributed by atoms with E-state index in [1.165, 1.54) is 17.5 Å². The van der Waals surface area contributed by atoms with Gasteiger partial charge < -0.3 is 5.32 Å². The lowest BCUT2D eigenvalue weighted by Crippen LogP contribution is -2.08. The van der Waals surface area contributed by atoms with Gasteiger partial charge in [-0.25, -0.2) is 0 Å². The first kappa shape index (κ1) is 10.5. The number of hydrogen-bond donors (Lipinski definition) is 1. The van der Waals surface area contributed by atoms with Gasteiger partial charge in [0, 0.05) is 18.9 Å². The molecule has 2 nitrogen and oxygen atoms in total. The number of aryl methyl sites for hydroxylation is 1. The summed E-state index contributed by atoms with van der Waals surface area (Å²) in [6.07, 6.45) is 5.15. The van der Waals surface area contributed by atoms with Crippen molar-refractivity contribution in [2.45, 2.75) is 19.3 Å². The Morgan fingerprint density at radius 3 is 2.92 bits per heavy atom. The first-order chi connectivity index (χ1) is 5.86. The van der Waals surface area contributed by atoms with E-state index in [1.807, 2.05) is 12.4 Å². The van der Waals surface area contributed by atoms with Crippen LogP contribution < -0.4 is 5.32 Å². The van der Waals surface area contributed by atoms with E-state index in [-0.39, 0.29) is 12.4 Å². The minimum Gasteiger partial charge on any atom is -0.316 e. The second-order valence-corrected chi connectivity index (χ2v) is 3.49. The molecule has 0 bridgehead atoms. The van der Waals surface area contributed by atoms with Crippen LogP contribution in [0.5, 0.6) is 0 Å². The molecular formula is C10H15ClN2. The Kier molecular flexibility index (Phi) is 3.70. The van der Waals surface area contributed by atoms with E-state index in [0.717, 1.165) is 13.1 Å². The molecule has 1 aliphatic rings. The van der Waals surface area contributed by atoms with E-state index in [1.54, 1.807) is 0 Å². The molecule has 1 unspecified atom stereocenters.